The number of carbonyl (C=O) groups excluding carboxylic acids is 1. The van der Waals surface area contributed by atoms with Crippen LogP contribution in [0.15, 0.2) is 42.6 Å². The monoisotopic (exact) mass is 475 g/mol. The summed E-state index contributed by atoms with van der Waals surface area (Å²) in [6.45, 7) is 9.51. The maximum Gasteiger partial charge on any atom is 0.273 e. The van der Waals surface area contributed by atoms with Gasteiger partial charge in [-0.25, -0.2) is 9.97 Å². The second-order valence-corrected chi connectivity index (χ2v) is 9.13. The number of hydrogen-bond donors (Lipinski definition) is 0. The van der Waals surface area contributed by atoms with Crippen molar-refractivity contribution >= 4 is 28.4 Å². The lowest BCUT2D eigenvalue weighted by Crippen LogP contribution is -2.28. The molecule has 2 aromatic carbocycles. The van der Waals surface area contributed by atoms with Crippen LogP contribution in [0.2, 0.25) is 5.02 Å². The van der Waals surface area contributed by atoms with E-state index in [-0.39, 0.29) is 5.91 Å². The van der Waals surface area contributed by atoms with Crippen LogP contribution in [0.3, 0.4) is 0 Å². The summed E-state index contributed by atoms with van der Waals surface area (Å²) in [5.41, 5.74) is 6.37. The van der Waals surface area contributed by atoms with E-state index >= 15 is 0 Å². The Morgan fingerprint density at radius 2 is 1.88 bits per heavy atom. The van der Waals surface area contributed by atoms with Crippen molar-refractivity contribution in [2.45, 2.75) is 53.6 Å². The highest BCUT2D eigenvalue weighted by atomic mass is 35.5. The summed E-state index contributed by atoms with van der Waals surface area (Å²) < 4.78 is 1.93. The largest absolute Gasteiger partial charge is 0.336 e. The predicted molar refractivity (Wildman–Crippen MR) is 137 cm³/mol. The summed E-state index contributed by atoms with van der Waals surface area (Å²) in [5, 5.41) is 5.60. The molecule has 0 atom stereocenters. The predicted octanol–water partition coefficient (Wildman–Crippen LogP) is 6.01. The van der Waals surface area contributed by atoms with E-state index in [1.54, 1.807) is 24.1 Å². The standard InChI is InChI=1S/C27H30ClN5O/c1-6-8-19-10-9-17(3)22(13-19)26-30-24-12-11-21(28)14-23(24)25(31-26)27(34)32(5)16-20-15-29-33(7-2)18(20)4/h9-15H,6-8,16H2,1-5H3. The average molecular weight is 476 g/mol. The number of hydrogen-bond acceptors (Lipinski definition) is 4. The molecule has 6 nitrogen and oxygen atoms in total. The van der Waals surface area contributed by atoms with Gasteiger partial charge >= 0.3 is 0 Å². The van der Waals surface area contributed by atoms with E-state index in [4.69, 9.17) is 21.6 Å². The van der Waals surface area contributed by atoms with Gasteiger partial charge in [-0.2, -0.15) is 5.10 Å². The van der Waals surface area contributed by atoms with Gasteiger partial charge in [0.1, 0.15) is 5.69 Å². The van der Waals surface area contributed by atoms with Crippen molar-refractivity contribution in [3.8, 4) is 11.4 Å². The third-order valence-corrected chi connectivity index (χ3v) is 6.44. The van der Waals surface area contributed by atoms with Crippen molar-refractivity contribution in [2.24, 2.45) is 0 Å². The number of carbonyl (C=O) groups is 1. The Kier molecular flexibility index (Phi) is 6.98. The minimum Gasteiger partial charge on any atom is -0.336 e. The Morgan fingerprint density at radius 3 is 2.59 bits per heavy atom. The van der Waals surface area contributed by atoms with Crippen molar-refractivity contribution < 1.29 is 4.79 Å². The molecule has 34 heavy (non-hydrogen) atoms. The van der Waals surface area contributed by atoms with Crippen LogP contribution < -0.4 is 0 Å². The van der Waals surface area contributed by atoms with Crippen molar-refractivity contribution in [1.82, 2.24) is 24.6 Å². The molecule has 0 fully saturated rings. The third-order valence-electron chi connectivity index (χ3n) is 6.20. The maximum atomic E-state index is 13.7. The molecule has 0 saturated carbocycles. The summed E-state index contributed by atoms with van der Waals surface area (Å²) in [6, 6.07) is 11.8. The lowest BCUT2D eigenvalue weighted by atomic mass is 10.0. The van der Waals surface area contributed by atoms with Gasteiger partial charge in [-0.1, -0.05) is 37.1 Å². The average Bonchev–Trinajstić information content (AvgIpc) is 3.18. The van der Waals surface area contributed by atoms with Gasteiger partial charge in [0.05, 0.1) is 11.7 Å². The molecule has 0 aliphatic carbocycles. The highest BCUT2D eigenvalue weighted by Crippen LogP contribution is 2.28. The SMILES string of the molecule is CCCc1ccc(C)c(-c2nc(C(=O)N(C)Cc3cnn(CC)c3C)c3cc(Cl)ccc3n2)c1. The summed E-state index contributed by atoms with van der Waals surface area (Å²) >= 11 is 6.29. The number of rotatable bonds is 7. The zero-order chi connectivity index (χ0) is 24.4. The fourth-order valence-electron chi connectivity index (χ4n) is 4.21. The van der Waals surface area contributed by atoms with Gasteiger partial charge in [0, 0.05) is 47.4 Å². The van der Waals surface area contributed by atoms with Crippen LogP contribution in [0.4, 0.5) is 0 Å². The van der Waals surface area contributed by atoms with E-state index < -0.39 is 0 Å². The minimum atomic E-state index is -0.179. The molecule has 4 aromatic rings. The first-order chi connectivity index (χ1) is 16.3. The van der Waals surface area contributed by atoms with Crippen LogP contribution in [0.5, 0.6) is 0 Å². The zero-order valence-corrected chi connectivity index (χ0v) is 21.1. The van der Waals surface area contributed by atoms with Crippen LogP contribution in [0.25, 0.3) is 22.3 Å². The normalized spacial score (nSPS) is 11.2. The molecule has 0 saturated heterocycles. The molecule has 176 valence electrons. The molecule has 0 unspecified atom stereocenters. The quantitative estimate of drug-likeness (QED) is 0.328. The molecular formula is C27H30ClN5O. The number of fused-ring (bicyclic) bond motifs is 1. The van der Waals surface area contributed by atoms with Crippen LogP contribution >= 0.6 is 11.6 Å². The van der Waals surface area contributed by atoms with Crippen LogP contribution in [-0.4, -0.2) is 37.6 Å². The van der Waals surface area contributed by atoms with Gasteiger partial charge < -0.3 is 4.90 Å². The molecule has 0 aliphatic heterocycles. The van der Waals surface area contributed by atoms with E-state index in [1.165, 1.54) is 5.56 Å². The molecule has 4 rings (SSSR count). The van der Waals surface area contributed by atoms with Crippen molar-refractivity contribution in [3.05, 3.63) is 75.7 Å². The number of amides is 1. The molecule has 0 N–H and O–H groups in total. The number of aromatic nitrogens is 4. The number of nitrogens with zero attached hydrogens (tertiary/aromatic N) is 5. The number of halogens is 1. The maximum absolute atomic E-state index is 13.7. The Hall–Kier alpha value is -3.25. The molecule has 2 heterocycles. The topological polar surface area (TPSA) is 63.9 Å². The molecule has 7 heteroatoms. The second kappa shape index (κ2) is 9.94. The number of benzene rings is 2. The highest BCUT2D eigenvalue weighted by molar-refractivity contribution is 6.31. The highest BCUT2D eigenvalue weighted by Gasteiger charge is 2.21. The first-order valence-corrected chi connectivity index (χ1v) is 12.0. The third kappa shape index (κ3) is 4.68. The zero-order valence-electron chi connectivity index (χ0n) is 20.4. The van der Waals surface area contributed by atoms with Crippen LogP contribution in [0.1, 0.15) is 53.1 Å². The van der Waals surface area contributed by atoms with E-state index in [1.807, 2.05) is 30.8 Å². The first-order valence-electron chi connectivity index (χ1n) is 11.7. The molecule has 0 spiro atoms. The molecule has 0 aliphatic rings. The Balaban J connectivity index is 1.79. The van der Waals surface area contributed by atoms with E-state index in [2.05, 4.69) is 37.1 Å². The van der Waals surface area contributed by atoms with Gasteiger partial charge in [0.25, 0.3) is 5.91 Å². The van der Waals surface area contributed by atoms with Gasteiger partial charge in [0.15, 0.2) is 5.82 Å². The summed E-state index contributed by atoms with van der Waals surface area (Å²) in [5.74, 6) is 0.374. The summed E-state index contributed by atoms with van der Waals surface area (Å²) in [6.07, 6.45) is 3.86. The fraction of sp³-hybridized carbons (Fsp3) is 0.333. The Labute approximate surface area is 205 Å². The van der Waals surface area contributed by atoms with E-state index in [0.717, 1.165) is 41.8 Å². The van der Waals surface area contributed by atoms with Crippen LogP contribution in [0, 0.1) is 13.8 Å². The van der Waals surface area contributed by atoms with Gasteiger partial charge in [-0.05, 0) is 62.6 Å². The molecule has 1 amide bonds. The van der Waals surface area contributed by atoms with E-state index in [9.17, 15) is 4.79 Å². The summed E-state index contributed by atoms with van der Waals surface area (Å²) in [7, 11) is 1.79. The molecule has 0 bridgehead atoms. The first kappa shape index (κ1) is 23.9. The van der Waals surface area contributed by atoms with Crippen LogP contribution in [-0.2, 0) is 19.5 Å². The number of aryl methyl sites for hydroxylation is 3. The lowest BCUT2D eigenvalue weighted by molar-refractivity contribution is 0.0781. The Morgan fingerprint density at radius 1 is 1.09 bits per heavy atom. The molecule has 2 aromatic heterocycles. The van der Waals surface area contributed by atoms with Crippen molar-refractivity contribution in [3.63, 3.8) is 0 Å². The Bertz CT molecular complexity index is 1360. The minimum absolute atomic E-state index is 0.179. The second-order valence-electron chi connectivity index (χ2n) is 8.69. The molecular weight excluding hydrogens is 446 g/mol. The van der Waals surface area contributed by atoms with Gasteiger partial charge in [0.2, 0.25) is 0 Å². The van der Waals surface area contributed by atoms with Gasteiger partial charge in [-0.15, -0.1) is 0 Å². The fourth-order valence-corrected chi connectivity index (χ4v) is 4.38. The molecule has 0 radical (unpaired) electrons. The smallest absolute Gasteiger partial charge is 0.273 e. The summed E-state index contributed by atoms with van der Waals surface area (Å²) in [4.78, 5) is 25.0. The van der Waals surface area contributed by atoms with Crippen molar-refractivity contribution in [2.75, 3.05) is 7.05 Å². The van der Waals surface area contributed by atoms with Gasteiger partial charge in [-0.3, -0.25) is 9.48 Å². The van der Waals surface area contributed by atoms with E-state index in [0.29, 0.717) is 34.0 Å². The van der Waals surface area contributed by atoms with Crippen molar-refractivity contribution in [1.29, 1.82) is 0 Å². The lowest BCUT2D eigenvalue weighted by Gasteiger charge is -2.18.